The number of nitrogens with one attached hydrogen (secondary N) is 1. The molecule has 0 heterocycles. The molecule has 2 aromatic rings. The monoisotopic (exact) mass is 293 g/mol. The lowest BCUT2D eigenvalue weighted by molar-refractivity contribution is -0.108. The van der Waals surface area contributed by atoms with E-state index >= 15 is 0 Å². The Morgan fingerprint density at radius 2 is 2.00 bits per heavy atom. The normalized spacial score (nSPS) is 10.9. The molecule has 0 radical (unpaired) electrons. The molecule has 0 unspecified atom stereocenters. The summed E-state index contributed by atoms with van der Waals surface area (Å²) in [6.07, 6.45) is 2.11. The van der Waals surface area contributed by atoms with Gasteiger partial charge in [0, 0.05) is 0 Å². The molecule has 1 amide bonds. The Balaban J connectivity index is 2.33. The van der Waals surface area contributed by atoms with Crippen LogP contribution in [-0.4, -0.2) is 12.2 Å². The summed E-state index contributed by atoms with van der Waals surface area (Å²) in [5.74, 6) is 0.409. The van der Waals surface area contributed by atoms with Gasteiger partial charge in [-0.3, -0.25) is 9.80 Å². The first-order chi connectivity index (χ1) is 10.7. The Labute approximate surface area is 130 Å². The smallest absolute Gasteiger partial charge is 0.212 e. The molecule has 4 nitrogen and oxygen atoms in total. The fraction of sp³-hybridized carbons (Fsp3) is 0.111. The summed E-state index contributed by atoms with van der Waals surface area (Å²) in [6, 6.07) is 18.1. The zero-order valence-corrected chi connectivity index (χ0v) is 12.6. The highest BCUT2D eigenvalue weighted by Gasteiger charge is 2.07. The molecule has 0 saturated carbocycles. The van der Waals surface area contributed by atoms with Crippen molar-refractivity contribution in [3.63, 3.8) is 0 Å². The van der Waals surface area contributed by atoms with Crippen molar-refractivity contribution >= 4 is 17.9 Å². The van der Waals surface area contributed by atoms with Crippen LogP contribution in [0.25, 0.3) is 0 Å². The number of aryl methyl sites for hydroxylation is 1. The minimum Gasteiger partial charge on any atom is -0.312 e. The molecule has 0 spiro atoms. The van der Waals surface area contributed by atoms with Gasteiger partial charge in [0.15, 0.2) is 5.84 Å². The summed E-state index contributed by atoms with van der Waals surface area (Å²) in [4.78, 5) is 10.6. The summed E-state index contributed by atoms with van der Waals surface area (Å²) in [6.45, 7) is 6.33. The third kappa shape index (κ3) is 4.31. The van der Waals surface area contributed by atoms with Crippen molar-refractivity contribution in [3.8, 4) is 0 Å². The van der Waals surface area contributed by atoms with E-state index in [4.69, 9.17) is 0 Å². The van der Waals surface area contributed by atoms with Crippen molar-refractivity contribution in [1.82, 2.24) is 5.32 Å². The summed E-state index contributed by atoms with van der Waals surface area (Å²) in [7, 11) is 0. The lowest BCUT2D eigenvalue weighted by Crippen LogP contribution is -2.25. The Bertz CT molecular complexity index is 665. The molecule has 0 saturated heterocycles. The van der Waals surface area contributed by atoms with Crippen molar-refractivity contribution in [2.24, 2.45) is 5.10 Å². The van der Waals surface area contributed by atoms with E-state index in [2.05, 4.69) is 42.1 Å². The molecule has 0 bridgehead atoms. The molecule has 1 N–H and O–H groups in total. The number of hydrazone groups is 1. The second kappa shape index (κ2) is 7.78. The van der Waals surface area contributed by atoms with E-state index in [-0.39, 0.29) is 0 Å². The number of amides is 1. The number of carbonyl (C=O) groups is 1. The van der Waals surface area contributed by atoms with Crippen LogP contribution in [0.4, 0.5) is 5.69 Å². The van der Waals surface area contributed by atoms with E-state index in [0.29, 0.717) is 18.8 Å². The molecule has 4 heteroatoms. The number of rotatable bonds is 6. The van der Waals surface area contributed by atoms with Gasteiger partial charge in [-0.1, -0.05) is 54.6 Å². The predicted molar refractivity (Wildman–Crippen MR) is 90.6 cm³/mol. The minimum absolute atomic E-state index is 0.409. The average Bonchev–Trinajstić information content (AvgIpc) is 2.54. The molecule has 0 aliphatic heterocycles. The molecule has 0 aliphatic carbocycles. The van der Waals surface area contributed by atoms with Gasteiger partial charge in [-0.25, -0.2) is 0 Å². The van der Waals surface area contributed by atoms with Crippen molar-refractivity contribution in [1.29, 1.82) is 0 Å². The first-order valence-electron chi connectivity index (χ1n) is 7.02. The van der Waals surface area contributed by atoms with Crippen molar-refractivity contribution in [2.75, 3.05) is 5.01 Å². The predicted octanol–water partition coefficient (Wildman–Crippen LogP) is 3.25. The van der Waals surface area contributed by atoms with Gasteiger partial charge >= 0.3 is 0 Å². The van der Waals surface area contributed by atoms with Crippen LogP contribution < -0.4 is 10.3 Å². The standard InChI is InChI=1S/C18H19N3O/c1-3-18(19-14-22)20-21(17-10-5-4-6-11-17)13-16-9-7-8-15(2)12-16/h3-12,14H,1,13H2,2H3,(H,19,20,22). The number of carbonyl (C=O) groups excluding carboxylic acids is 1. The first kappa shape index (κ1) is 15.5. The summed E-state index contributed by atoms with van der Waals surface area (Å²) >= 11 is 0. The first-order valence-corrected chi connectivity index (χ1v) is 7.02. The number of benzene rings is 2. The summed E-state index contributed by atoms with van der Waals surface area (Å²) < 4.78 is 0. The van der Waals surface area contributed by atoms with E-state index in [1.807, 2.05) is 41.4 Å². The largest absolute Gasteiger partial charge is 0.312 e. The maximum Gasteiger partial charge on any atom is 0.212 e. The van der Waals surface area contributed by atoms with Crippen LogP contribution in [0, 0.1) is 6.92 Å². The molecule has 0 fully saturated rings. The van der Waals surface area contributed by atoms with Crippen LogP contribution in [0.5, 0.6) is 0 Å². The van der Waals surface area contributed by atoms with E-state index in [1.54, 1.807) is 0 Å². The number of hydrogen-bond donors (Lipinski definition) is 1. The SMILES string of the molecule is C=C/C(=N\N(Cc1cccc(C)c1)c1ccccc1)NC=O. The van der Waals surface area contributed by atoms with Gasteiger partial charge in [-0.05, 0) is 30.7 Å². The molecule has 22 heavy (non-hydrogen) atoms. The van der Waals surface area contributed by atoms with Crippen molar-refractivity contribution in [2.45, 2.75) is 13.5 Å². The topological polar surface area (TPSA) is 44.7 Å². The van der Waals surface area contributed by atoms with E-state index in [1.165, 1.54) is 11.6 Å². The quantitative estimate of drug-likeness (QED) is 0.384. The third-order valence-corrected chi connectivity index (χ3v) is 3.10. The highest BCUT2D eigenvalue weighted by molar-refractivity contribution is 5.99. The Kier molecular flexibility index (Phi) is 5.49. The van der Waals surface area contributed by atoms with Crippen LogP contribution in [-0.2, 0) is 11.3 Å². The molecule has 2 rings (SSSR count). The fourth-order valence-electron chi connectivity index (χ4n) is 2.09. The lowest BCUT2D eigenvalue weighted by Gasteiger charge is -2.20. The second-order valence-electron chi connectivity index (χ2n) is 4.83. The molecule has 0 atom stereocenters. The van der Waals surface area contributed by atoms with Gasteiger partial charge in [0.25, 0.3) is 0 Å². The minimum atomic E-state index is 0.409. The molecule has 2 aromatic carbocycles. The van der Waals surface area contributed by atoms with Gasteiger partial charge in [0.2, 0.25) is 6.41 Å². The Morgan fingerprint density at radius 1 is 1.23 bits per heavy atom. The van der Waals surface area contributed by atoms with Gasteiger partial charge in [0.05, 0.1) is 12.2 Å². The van der Waals surface area contributed by atoms with Crippen LogP contribution in [0.1, 0.15) is 11.1 Å². The van der Waals surface area contributed by atoms with Crippen molar-refractivity contribution < 1.29 is 4.79 Å². The number of hydrogen-bond acceptors (Lipinski definition) is 3. The van der Waals surface area contributed by atoms with E-state index < -0.39 is 0 Å². The summed E-state index contributed by atoms with van der Waals surface area (Å²) in [5, 5.41) is 8.84. The highest BCUT2D eigenvalue weighted by Crippen LogP contribution is 2.18. The van der Waals surface area contributed by atoms with Crippen LogP contribution in [0.2, 0.25) is 0 Å². The van der Waals surface area contributed by atoms with Gasteiger partial charge in [-0.15, -0.1) is 0 Å². The number of amidine groups is 1. The maximum atomic E-state index is 10.6. The van der Waals surface area contributed by atoms with Crippen LogP contribution in [0.15, 0.2) is 72.4 Å². The molecule has 0 aliphatic rings. The van der Waals surface area contributed by atoms with E-state index in [9.17, 15) is 4.79 Å². The fourth-order valence-corrected chi connectivity index (χ4v) is 2.09. The Morgan fingerprint density at radius 3 is 2.64 bits per heavy atom. The molecular weight excluding hydrogens is 274 g/mol. The number of anilines is 1. The van der Waals surface area contributed by atoms with Gasteiger partial charge < -0.3 is 5.32 Å². The van der Waals surface area contributed by atoms with E-state index in [0.717, 1.165) is 11.3 Å². The zero-order chi connectivity index (χ0) is 15.8. The van der Waals surface area contributed by atoms with Crippen LogP contribution >= 0.6 is 0 Å². The Hall–Kier alpha value is -2.88. The second-order valence-corrected chi connectivity index (χ2v) is 4.83. The zero-order valence-electron chi connectivity index (χ0n) is 12.6. The molecular formula is C18H19N3O. The maximum absolute atomic E-state index is 10.6. The third-order valence-electron chi connectivity index (χ3n) is 3.10. The van der Waals surface area contributed by atoms with Gasteiger partial charge in [0.1, 0.15) is 0 Å². The summed E-state index contributed by atoms with van der Waals surface area (Å²) in [5.41, 5.74) is 3.28. The van der Waals surface area contributed by atoms with Crippen molar-refractivity contribution in [3.05, 3.63) is 78.4 Å². The molecule has 0 aromatic heterocycles. The molecule has 112 valence electrons. The van der Waals surface area contributed by atoms with Crippen LogP contribution in [0.3, 0.4) is 0 Å². The number of nitrogens with zero attached hydrogens (tertiary/aromatic N) is 2. The number of para-hydroxylation sites is 1. The van der Waals surface area contributed by atoms with Gasteiger partial charge in [-0.2, -0.15) is 5.10 Å². The highest BCUT2D eigenvalue weighted by atomic mass is 16.1. The lowest BCUT2D eigenvalue weighted by atomic mass is 10.1. The average molecular weight is 293 g/mol.